The molecule has 0 spiro atoms. The molecule has 0 amide bonds. The SMILES string of the molecule is CC(C)N1CCN(C)CC1.CC(C)N1CCNCC1.CC(C)N1CCOCC1. The maximum absolute atomic E-state index is 5.21. The smallest absolute Gasteiger partial charge is 0.0594 e. The maximum Gasteiger partial charge on any atom is 0.0594 e. The first kappa shape index (κ1) is 25.8. The standard InChI is InChI=1S/C8H18N2.C7H16N2.C7H15NO/c1-8(2)10-6-4-9(3)5-7-10;1-7(2)9-5-3-8-4-6-9;1-7(2)8-3-5-9-6-4-8/h8H,4-7H2,1-3H3;7-8H,3-6H2,1-2H3;7H,3-6H2,1-2H3. The largest absolute Gasteiger partial charge is 0.379 e. The average molecular weight is 400 g/mol. The zero-order valence-corrected chi connectivity index (χ0v) is 19.9. The van der Waals surface area contributed by atoms with Crippen LogP contribution in [0.3, 0.4) is 0 Å². The lowest BCUT2D eigenvalue weighted by Gasteiger charge is -2.34. The van der Waals surface area contributed by atoms with Crippen LogP contribution in [0.5, 0.6) is 0 Å². The quantitative estimate of drug-likeness (QED) is 0.778. The normalized spacial score (nSPS) is 23.4. The van der Waals surface area contributed by atoms with Gasteiger partial charge in [-0.25, -0.2) is 0 Å². The molecular weight excluding hydrogens is 350 g/mol. The van der Waals surface area contributed by atoms with Gasteiger partial charge in [0.2, 0.25) is 0 Å². The van der Waals surface area contributed by atoms with Gasteiger partial charge in [0.05, 0.1) is 13.2 Å². The summed E-state index contributed by atoms with van der Waals surface area (Å²) in [5.74, 6) is 0. The van der Waals surface area contributed by atoms with E-state index >= 15 is 0 Å². The number of morpholine rings is 1. The Kier molecular flexibility index (Phi) is 13.5. The number of hydrogen-bond donors (Lipinski definition) is 1. The number of ether oxygens (including phenoxy) is 1. The van der Waals surface area contributed by atoms with E-state index in [1.165, 1.54) is 39.3 Å². The van der Waals surface area contributed by atoms with Crippen LogP contribution in [0, 0.1) is 0 Å². The van der Waals surface area contributed by atoms with Crippen LogP contribution in [-0.2, 0) is 4.74 Å². The van der Waals surface area contributed by atoms with E-state index in [9.17, 15) is 0 Å². The molecule has 3 aliphatic heterocycles. The van der Waals surface area contributed by atoms with E-state index in [4.69, 9.17) is 4.74 Å². The van der Waals surface area contributed by atoms with Gasteiger partial charge in [0, 0.05) is 83.6 Å². The number of piperazine rings is 2. The predicted molar refractivity (Wildman–Crippen MR) is 121 cm³/mol. The third-order valence-electron chi connectivity index (χ3n) is 5.93. The van der Waals surface area contributed by atoms with Gasteiger partial charge in [-0.1, -0.05) is 0 Å². The highest BCUT2D eigenvalue weighted by Gasteiger charge is 2.15. The molecule has 0 saturated carbocycles. The van der Waals surface area contributed by atoms with Gasteiger partial charge in [0.15, 0.2) is 0 Å². The summed E-state index contributed by atoms with van der Waals surface area (Å²) in [6.07, 6.45) is 0. The molecule has 3 heterocycles. The van der Waals surface area contributed by atoms with E-state index in [1.54, 1.807) is 0 Å². The van der Waals surface area contributed by atoms with E-state index in [0.717, 1.165) is 51.5 Å². The van der Waals surface area contributed by atoms with Crippen molar-refractivity contribution in [2.75, 3.05) is 85.7 Å². The number of nitrogens with one attached hydrogen (secondary N) is 1. The monoisotopic (exact) mass is 399 g/mol. The molecule has 0 bridgehead atoms. The lowest BCUT2D eigenvalue weighted by Crippen LogP contribution is -2.47. The fourth-order valence-electron chi connectivity index (χ4n) is 3.63. The van der Waals surface area contributed by atoms with E-state index in [2.05, 4.69) is 73.5 Å². The lowest BCUT2D eigenvalue weighted by molar-refractivity contribution is 0.0238. The Hall–Kier alpha value is -0.240. The van der Waals surface area contributed by atoms with E-state index < -0.39 is 0 Å². The Morgan fingerprint density at radius 1 is 0.571 bits per heavy atom. The molecule has 0 aromatic heterocycles. The highest BCUT2D eigenvalue weighted by atomic mass is 16.5. The molecule has 0 aliphatic carbocycles. The third kappa shape index (κ3) is 11.1. The van der Waals surface area contributed by atoms with Gasteiger partial charge in [-0.2, -0.15) is 0 Å². The molecule has 1 N–H and O–H groups in total. The summed E-state index contributed by atoms with van der Waals surface area (Å²) in [5.41, 5.74) is 0. The summed E-state index contributed by atoms with van der Waals surface area (Å²) in [5, 5.41) is 3.33. The molecule has 3 rings (SSSR count). The van der Waals surface area contributed by atoms with Crippen molar-refractivity contribution in [2.24, 2.45) is 0 Å². The minimum absolute atomic E-state index is 0.689. The summed E-state index contributed by atoms with van der Waals surface area (Å²) < 4.78 is 5.21. The molecule has 0 radical (unpaired) electrons. The minimum Gasteiger partial charge on any atom is -0.379 e. The van der Waals surface area contributed by atoms with Gasteiger partial charge in [0.1, 0.15) is 0 Å². The first-order chi connectivity index (χ1) is 13.3. The van der Waals surface area contributed by atoms with Gasteiger partial charge in [-0.05, 0) is 48.6 Å². The lowest BCUT2D eigenvalue weighted by atomic mass is 10.2. The van der Waals surface area contributed by atoms with Crippen LogP contribution < -0.4 is 5.32 Å². The summed E-state index contributed by atoms with van der Waals surface area (Å²) >= 11 is 0. The molecule has 28 heavy (non-hydrogen) atoms. The first-order valence-corrected chi connectivity index (χ1v) is 11.5. The molecule has 6 heteroatoms. The van der Waals surface area contributed by atoms with Crippen LogP contribution in [0.15, 0.2) is 0 Å². The number of nitrogens with zero attached hydrogens (tertiary/aromatic N) is 4. The second kappa shape index (κ2) is 14.7. The zero-order chi connectivity index (χ0) is 20.9. The average Bonchev–Trinajstić information content (AvgIpc) is 2.70. The van der Waals surface area contributed by atoms with Crippen LogP contribution in [-0.4, -0.2) is 123 Å². The molecule has 3 fully saturated rings. The van der Waals surface area contributed by atoms with Crippen molar-refractivity contribution in [3.63, 3.8) is 0 Å². The molecule has 0 atom stereocenters. The highest BCUT2D eigenvalue weighted by Crippen LogP contribution is 2.03. The maximum atomic E-state index is 5.21. The molecular formula is C22H49N5O. The van der Waals surface area contributed by atoms with Crippen molar-refractivity contribution in [1.82, 2.24) is 24.9 Å². The van der Waals surface area contributed by atoms with Crippen LogP contribution in [0.4, 0.5) is 0 Å². The molecule has 3 aliphatic rings. The van der Waals surface area contributed by atoms with E-state index in [-0.39, 0.29) is 0 Å². The van der Waals surface area contributed by atoms with Crippen molar-refractivity contribution in [1.29, 1.82) is 0 Å². The fraction of sp³-hybridized carbons (Fsp3) is 1.00. The van der Waals surface area contributed by atoms with Crippen molar-refractivity contribution in [3.8, 4) is 0 Å². The minimum atomic E-state index is 0.689. The molecule has 0 unspecified atom stereocenters. The predicted octanol–water partition coefficient (Wildman–Crippen LogP) is 1.67. The van der Waals surface area contributed by atoms with Crippen molar-refractivity contribution >= 4 is 0 Å². The summed E-state index contributed by atoms with van der Waals surface area (Å²) in [6, 6.07) is 2.15. The van der Waals surface area contributed by atoms with Crippen molar-refractivity contribution < 1.29 is 4.74 Å². The Morgan fingerprint density at radius 2 is 0.964 bits per heavy atom. The van der Waals surface area contributed by atoms with Gasteiger partial charge in [-0.3, -0.25) is 14.7 Å². The number of hydrogen-bond acceptors (Lipinski definition) is 6. The van der Waals surface area contributed by atoms with Gasteiger partial charge < -0.3 is 15.0 Å². The van der Waals surface area contributed by atoms with Crippen LogP contribution >= 0.6 is 0 Å². The first-order valence-electron chi connectivity index (χ1n) is 11.5. The third-order valence-corrected chi connectivity index (χ3v) is 5.93. The van der Waals surface area contributed by atoms with Gasteiger partial charge in [-0.15, -0.1) is 0 Å². The topological polar surface area (TPSA) is 34.2 Å². The van der Waals surface area contributed by atoms with Gasteiger partial charge >= 0.3 is 0 Å². The van der Waals surface area contributed by atoms with Crippen molar-refractivity contribution in [3.05, 3.63) is 0 Å². The molecule has 6 nitrogen and oxygen atoms in total. The Bertz CT molecular complexity index is 336. The van der Waals surface area contributed by atoms with E-state index in [1.807, 2.05) is 0 Å². The van der Waals surface area contributed by atoms with Crippen molar-refractivity contribution in [2.45, 2.75) is 59.7 Å². The highest BCUT2D eigenvalue weighted by molar-refractivity contribution is 4.71. The van der Waals surface area contributed by atoms with Crippen LogP contribution in [0.2, 0.25) is 0 Å². The molecule has 168 valence electrons. The fourth-order valence-corrected chi connectivity index (χ4v) is 3.63. The summed E-state index contributed by atoms with van der Waals surface area (Å²) in [4.78, 5) is 9.85. The van der Waals surface area contributed by atoms with Crippen LogP contribution in [0.1, 0.15) is 41.5 Å². The van der Waals surface area contributed by atoms with E-state index in [0.29, 0.717) is 6.04 Å². The zero-order valence-electron chi connectivity index (χ0n) is 19.9. The van der Waals surface area contributed by atoms with Crippen LogP contribution in [0.25, 0.3) is 0 Å². The molecule has 0 aromatic rings. The number of rotatable bonds is 3. The number of likely N-dealkylation sites (N-methyl/N-ethyl adjacent to an activating group) is 1. The molecule has 0 aromatic carbocycles. The Morgan fingerprint density at radius 3 is 1.32 bits per heavy atom. The second-order valence-electron chi connectivity index (χ2n) is 9.05. The summed E-state index contributed by atoms with van der Waals surface area (Å²) in [7, 11) is 2.19. The molecule has 3 saturated heterocycles. The second-order valence-corrected chi connectivity index (χ2v) is 9.05. The van der Waals surface area contributed by atoms with Gasteiger partial charge in [0.25, 0.3) is 0 Å². The Labute approximate surface area is 175 Å². The Balaban J connectivity index is 0.000000210. The summed E-state index contributed by atoms with van der Waals surface area (Å²) in [6.45, 7) is 27.3.